The van der Waals surface area contributed by atoms with Crippen molar-refractivity contribution in [3.63, 3.8) is 0 Å². The predicted octanol–water partition coefficient (Wildman–Crippen LogP) is 2.32. The third-order valence-corrected chi connectivity index (χ3v) is 2.90. The summed E-state index contributed by atoms with van der Waals surface area (Å²) in [5.74, 6) is -0.526. The van der Waals surface area contributed by atoms with E-state index in [1.807, 2.05) is 26.0 Å². The van der Waals surface area contributed by atoms with E-state index in [2.05, 4.69) is 0 Å². The highest BCUT2D eigenvalue weighted by Gasteiger charge is 2.37. The maximum absolute atomic E-state index is 11.8. The average molecular weight is 188 g/mol. The highest BCUT2D eigenvalue weighted by atomic mass is 16.2. The van der Waals surface area contributed by atoms with Crippen molar-refractivity contribution in [2.75, 3.05) is 0 Å². The molecule has 14 heavy (non-hydrogen) atoms. The third kappa shape index (κ3) is 0.969. The average Bonchev–Trinajstić information content (AvgIpc) is 2.38. The molecule has 2 heteroatoms. The van der Waals surface area contributed by atoms with Gasteiger partial charge in [-0.25, -0.2) is 0 Å². The van der Waals surface area contributed by atoms with Crippen LogP contribution in [0.15, 0.2) is 12.1 Å². The normalized spacial score (nSPS) is 16.2. The van der Waals surface area contributed by atoms with Crippen molar-refractivity contribution in [1.82, 2.24) is 0 Å². The Balaban J connectivity index is 2.80. The number of hydrogen-bond acceptors (Lipinski definition) is 2. The molecule has 72 valence electrons. The second kappa shape index (κ2) is 2.77. The Morgan fingerprint density at radius 2 is 1.29 bits per heavy atom. The Hall–Kier alpha value is -1.44. The molecule has 0 fully saturated rings. The van der Waals surface area contributed by atoms with Crippen LogP contribution in [0, 0.1) is 19.8 Å². The van der Waals surface area contributed by atoms with Gasteiger partial charge >= 0.3 is 0 Å². The number of Topliss-reactive ketones (excluding diaryl/α,β-unsaturated/α-hetero) is 2. The van der Waals surface area contributed by atoms with Crippen LogP contribution in [0.5, 0.6) is 0 Å². The molecule has 1 aromatic rings. The van der Waals surface area contributed by atoms with Gasteiger partial charge in [0.05, 0.1) is 5.92 Å². The first kappa shape index (κ1) is 9.13. The minimum atomic E-state index is -0.482. The van der Waals surface area contributed by atoms with E-state index in [0.717, 1.165) is 11.1 Å². The van der Waals surface area contributed by atoms with Crippen LogP contribution >= 0.6 is 0 Å². The molecule has 0 unspecified atom stereocenters. The molecule has 0 radical (unpaired) electrons. The second-order valence-electron chi connectivity index (χ2n) is 3.90. The van der Waals surface area contributed by atoms with Gasteiger partial charge in [0.15, 0.2) is 11.6 Å². The van der Waals surface area contributed by atoms with Crippen LogP contribution < -0.4 is 0 Å². The molecule has 1 aliphatic carbocycles. The van der Waals surface area contributed by atoms with Crippen molar-refractivity contribution < 1.29 is 9.59 Å². The first-order valence-electron chi connectivity index (χ1n) is 4.72. The summed E-state index contributed by atoms with van der Waals surface area (Å²) in [6.45, 7) is 5.44. The molecule has 0 aromatic heterocycles. The van der Waals surface area contributed by atoms with Crippen molar-refractivity contribution in [3.05, 3.63) is 34.4 Å². The quantitative estimate of drug-likeness (QED) is 0.585. The summed E-state index contributed by atoms with van der Waals surface area (Å²) >= 11 is 0. The molecule has 0 N–H and O–H groups in total. The first-order valence-corrected chi connectivity index (χ1v) is 4.72. The number of fused-ring (bicyclic) bond motifs is 1. The van der Waals surface area contributed by atoms with Gasteiger partial charge in [0.25, 0.3) is 0 Å². The van der Waals surface area contributed by atoms with Crippen LogP contribution in [0.4, 0.5) is 0 Å². The Bertz CT molecular complexity index is 403. The van der Waals surface area contributed by atoms with Gasteiger partial charge in [0, 0.05) is 11.1 Å². The molecule has 2 nitrogen and oxygen atoms in total. The topological polar surface area (TPSA) is 34.1 Å². The summed E-state index contributed by atoms with van der Waals surface area (Å²) < 4.78 is 0. The van der Waals surface area contributed by atoms with Crippen molar-refractivity contribution in [3.8, 4) is 0 Å². The number of carbonyl (C=O) groups excluding carboxylic acids is 2. The Kier molecular flexibility index (Phi) is 1.81. The lowest BCUT2D eigenvalue weighted by atomic mass is 9.99. The lowest BCUT2D eigenvalue weighted by molar-refractivity contribution is 0.0852. The highest BCUT2D eigenvalue weighted by Crippen LogP contribution is 2.31. The lowest BCUT2D eigenvalue weighted by Gasteiger charge is -2.03. The minimum absolute atomic E-state index is 0.0220. The van der Waals surface area contributed by atoms with E-state index in [-0.39, 0.29) is 11.6 Å². The van der Waals surface area contributed by atoms with Crippen LogP contribution in [0.2, 0.25) is 0 Å². The number of rotatable bonds is 0. The molecule has 0 spiro atoms. The van der Waals surface area contributed by atoms with E-state index in [0.29, 0.717) is 11.1 Å². The maximum atomic E-state index is 11.8. The van der Waals surface area contributed by atoms with E-state index in [1.54, 1.807) is 6.92 Å². The summed E-state index contributed by atoms with van der Waals surface area (Å²) in [5, 5.41) is 0. The molecule has 0 amide bonds. The second-order valence-corrected chi connectivity index (χ2v) is 3.90. The molecule has 0 atom stereocenters. The number of aryl methyl sites for hydroxylation is 2. The highest BCUT2D eigenvalue weighted by molar-refractivity contribution is 6.27. The van der Waals surface area contributed by atoms with Gasteiger partial charge in [0.1, 0.15) is 0 Å². The third-order valence-electron chi connectivity index (χ3n) is 2.90. The minimum Gasteiger partial charge on any atom is -0.293 e. The summed E-state index contributed by atoms with van der Waals surface area (Å²) in [4.78, 5) is 23.5. The molecule has 1 aromatic carbocycles. The Morgan fingerprint density at radius 1 is 0.929 bits per heavy atom. The molecule has 2 rings (SSSR count). The van der Waals surface area contributed by atoms with E-state index in [1.165, 1.54) is 0 Å². The fraction of sp³-hybridized carbons (Fsp3) is 0.333. The number of hydrogen-bond donors (Lipinski definition) is 0. The molecule has 0 saturated heterocycles. The number of carbonyl (C=O) groups is 2. The van der Waals surface area contributed by atoms with E-state index >= 15 is 0 Å². The van der Waals surface area contributed by atoms with Gasteiger partial charge in [-0.2, -0.15) is 0 Å². The van der Waals surface area contributed by atoms with E-state index in [9.17, 15) is 9.59 Å². The van der Waals surface area contributed by atoms with Gasteiger partial charge in [0.2, 0.25) is 0 Å². The largest absolute Gasteiger partial charge is 0.293 e. The van der Waals surface area contributed by atoms with Gasteiger partial charge < -0.3 is 0 Å². The molecule has 0 aliphatic heterocycles. The maximum Gasteiger partial charge on any atom is 0.174 e. The molecule has 0 heterocycles. The van der Waals surface area contributed by atoms with E-state index in [4.69, 9.17) is 0 Å². The smallest absolute Gasteiger partial charge is 0.174 e. The van der Waals surface area contributed by atoms with Crippen molar-refractivity contribution in [2.45, 2.75) is 20.8 Å². The van der Waals surface area contributed by atoms with Crippen LogP contribution in [0.25, 0.3) is 0 Å². The molecular formula is C12H12O2. The predicted molar refractivity (Wildman–Crippen MR) is 53.7 cm³/mol. The van der Waals surface area contributed by atoms with Crippen LogP contribution in [-0.2, 0) is 0 Å². The van der Waals surface area contributed by atoms with Crippen LogP contribution in [-0.4, -0.2) is 11.6 Å². The fourth-order valence-electron chi connectivity index (χ4n) is 2.00. The van der Waals surface area contributed by atoms with Crippen molar-refractivity contribution >= 4 is 11.6 Å². The summed E-state index contributed by atoms with van der Waals surface area (Å²) in [6.07, 6.45) is 0. The van der Waals surface area contributed by atoms with Crippen LogP contribution in [0.1, 0.15) is 38.8 Å². The molecule has 0 saturated carbocycles. The summed E-state index contributed by atoms with van der Waals surface area (Å²) in [5.41, 5.74) is 3.10. The van der Waals surface area contributed by atoms with Gasteiger partial charge in [-0.05, 0) is 31.9 Å². The zero-order valence-electron chi connectivity index (χ0n) is 8.55. The summed E-state index contributed by atoms with van der Waals surface area (Å²) in [7, 11) is 0. The fourth-order valence-corrected chi connectivity index (χ4v) is 2.00. The first-order chi connectivity index (χ1) is 6.54. The van der Waals surface area contributed by atoms with E-state index < -0.39 is 5.92 Å². The van der Waals surface area contributed by atoms with Crippen molar-refractivity contribution in [2.24, 2.45) is 5.92 Å². The Labute approximate surface area is 82.9 Å². The van der Waals surface area contributed by atoms with Crippen molar-refractivity contribution in [1.29, 1.82) is 0 Å². The van der Waals surface area contributed by atoms with Gasteiger partial charge in [-0.3, -0.25) is 9.59 Å². The van der Waals surface area contributed by atoms with Crippen LogP contribution in [0.3, 0.4) is 0 Å². The number of ketones is 2. The van der Waals surface area contributed by atoms with Gasteiger partial charge in [-0.15, -0.1) is 0 Å². The monoisotopic (exact) mass is 188 g/mol. The summed E-state index contributed by atoms with van der Waals surface area (Å²) in [6, 6.07) is 3.80. The Morgan fingerprint density at radius 3 is 1.64 bits per heavy atom. The number of benzene rings is 1. The molecule has 0 bridgehead atoms. The molecular weight excluding hydrogens is 176 g/mol. The lowest BCUT2D eigenvalue weighted by Crippen LogP contribution is -2.10. The van der Waals surface area contributed by atoms with Gasteiger partial charge in [-0.1, -0.05) is 12.1 Å². The standard InChI is InChI=1S/C12H12O2/c1-6-4-5-7(2)10-9(6)11(13)8(3)12(10)14/h4-5,8H,1-3H3. The zero-order valence-corrected chi connectivity index (χ0v) is 8.55. The zero-order chi connectivity index (χ0) is 10.5. The molecule has 1 aliphatic rings. The SMILES string of the molecule is Cc1ccc(C)c2c1C(=O)C(C)C2=O.